The van der Waals surface area contributed by atoms with Crippen molar-refractivity contribution in [1.29, 1.82) is 0 Å². The highest BCUT2D eigenvalue weighted by Gasteiger charge is 2.20. The predicted molar refractivity (Wildman–Crippen MR) is 84.4 cm³/mol. The van der Waals surface area contributed by atoms with E-state index < -0.39 is 16.8 Å². The van der Waals surface area contributed by atoms with E-state index in [0.29, 0.717) is 11.3 Å². The van der Waals surface area contributed by atoms with Crippen LogP contribution in [0.25, 0.3) is 22.5 Å². The van der Waals surface area contributed by atoms with Gasteiger partial charge in [-0.25, -0.2) is 0 Å². The van der Waals surface area contributed by atoms with E-state index in [1.807, 2.05) is 36.4 Å². The summed E-state index contributed by atoms with van der Waals surface area (Å²) in [6, 6.07) is 13.0. The zero-order valence-electron chi connectivity index (χ0n) is 11.9. The van der Waals surface area contributed by atoms with E-state index in [9.17, 15) is 9.00 Å². The van der Waals surface area contributed by atoms with Crippen LogP contribution in [0.1, 0.15) is 5.56 Å². The second kappa shape index (κ2) is 5.77. The van der Waals surface area contributed by atoms with Gasteiger partial charge < -0.3 is 9.52 Å². The fraction of sp³-hybridized carbons (Fsp3) is 0.118. The first-order valence-corrected chi connectivity index (χ1v) is 8.27. The Hall–Kier alpha value is -2.40. The minimum absolute atomic E-state index is 0.0823. The molecule has 1 aromatic carbocycles. The summed E-state index contributed by atoms with van der Waals surface area (Å²) in [5.41, 5.74) is 3.40. The molecule has 1 atom stereocenters. The van der Waals surface area contributed by atoms with Crippen LogP contribution in [0.15, 0.2) is 58.0 Å². The Morgan fingerprint density at radius 1 is 1.18 bits per heavy atom. The normalized spacial score (nSPS) is 12.4. The van der Waals surface area contributed by atoms with Crippen LogP contribution in [0, 0.1) is 0 Å². The summed E-state index contributed by atoms with van der Waals surface area (Å²) in [4.78, 5) is 11.8. The largest absolute Gasteiger partial charge is 0.481 e. The lowest BCUT2D eigenvalue weighted by molar-refractivity contribution is -0.136. The third-order valence-corrected chi connectivity index (χ3v) is 4.45. The standard InChI is InChI=1S/C17H14O4S/c1-22(20)13-6-4-11(5-7-13)15-9-12(10-16(18)19)17-14(15)3-2-8-21-17/h2-9H,10H2,1H3,(H,18,19). The van der Waals surface area contributed by atoms with Gasteiger partial charge in [0.25, 0.3) is 0 Å². The molecule has 1 aliphatic carbocycles. The molecular formula is C17H14O4S. The van der Waals surface area contributed by atoms with E-state index in [4.69, 9.17) is 9.52 Å². The molecule has 1 heterocycles. The molecule has 1 aliphatic heterocycles. The number of fused-ring (bicyclic) bond motifs is 1. The molecule has 0 radical (unpaired) electrons. The lowest BCUT2D eigenvalue weighted by Gasteiger charge is -2.04. The first-order chi connectivity index (χ1) is 10.6. The van der Waals surface area contributed by atoms with E-state index in [2.05, 4.69) is 0 Å². The number of hydrogen-bond donors (Lipinski definition) is 1. The number of hydrogen-bond acceptors (Lipinski definition) is 3. The van der Waals surface area contributed by atoms with Crippen molar-refractivity contribution >= 4 is 16.8 Å². The zero-order chi connectivity index (χ0) is 15.7. The fourth-order valence-corrected chi connectivity index (χ4v) is 3.04. The molecule has 0 fully saturated rings. The van der Waals surface area contributed by atoms with Gasteiger partial charge in [0, 0.05) is 33.1 Å². The number of aliphatic carboxylic acids is 1. The van der Waals surface area contributed by atoms with Gasteiger partial charge in [-0.3, -0.25) is 9.00 Å². The minimum Gasteiger partial charge on any atom is -0.481 e. The molecule has 0 amide bonds. The highest BCUT2D eigenvalue weighted by atomic mass is 32.2. The van der Waals surface area contributed by atoms with Crippen molar-refractivity contribution < 1.29 is 18.5 Å². The molecular weight excluding hydrogens is 300 g/mol. The lowest BCUT2D eigenvalue weighted by atomic mass is 10.0. The third kappa shape index (κ3) is 2.67. The molecule has 0 spiro atoms. The van der Waals surface area contributed by atoms with E-state index in [1.54, 1.807) is 18.6 Å². The van der Waals surface area contributed by atoms with Crippen LogP contribution >= 0.6 is 0 Å². The van der Waals surface area contributed by atoms with Crippen LogP contribution < -0.4 is 0 Å². The summed E-state index contributed by atoms with van der Waals surface area (Å²) in [6.45, 7) is 0. The molecule has 1 N–H and O–H groups in total. The van der Waals surface area contributed by atoms with Gasteiger partial charge in [-0.05, 0) is 41.5 Å². The quantitative estimate of drug-likeness (QED) is 0.801. The highest BCUT2D eigenvalue weighted by Crippen LogP contribution is 2.39. The first-order valence-electron chi connectivity index (χ1n) is 6.71. The summed E-state index contributed by atoms with van der Waals surface area (Å²) in [6.07, 6.45) is 3.10. The van der Waals surface area contributed by atoms with Gasteiger partial charge in [0.2, 0.25) is 0 Å². The highest BCUT2D eigenvalue weighted by molar-refractivity contribution is 7.84. The van der Waals surface area contributed by atoms with Gasteiger partial charge in [0.1, 0.15) is 5.76 Å². The average molecular weight is 314 g/mol. The summed E-state index contributed by atoms with van der Waals surface area (Å²) >= 11 is 0. The van der Waals surface area contributed by atoms with Gasteiger partial charge >= 0.3 is 5.97 Å². The number of benzene rings is 1. The predicted octanol–water partition coefficient (Wildman–Crippen LogP) is 3.42. The Labute approximate surface area is 130 Å². The molecule has 112 valence electrons. The van der Waals surface area contributed by atoms with Crippen LogP contribution in [-0.2, 0) is 22.0 Å². The summed E-state index contributed by atoms with van der Waals surface area (Å²) in [5.74, 6) is -0.294. The van der Waals surface area contributed by atoms with E-state index >= 15 is 0 Å². The van der Waals surface area contributed by atoms with Crippen molar-refractivity contribution in [2.45, 2.75) is 11.3 Å². The summed E-state index contributed by atoms with van der Waals surface area (Å²) < 4.78 is 17.0. The summed E-state index contributed by atoms with van der Waals surface area (Å²) in [5, 5.41) is 9.03. The molecule has 3 rings (SSSR count). The third-order valence-electron chi connectivity index (χ3n) is 3.51. The van der Waals surface area contributed by atoms with Crippen molar-refractivity contribution in [1.82, 2.24) is 0 Å². The first kappa shape index (κ1) is 14.5. The van der Waals surface area contributed by atoms with Gasteiger partial charge in [0.05, 0.1) is 12.7 Å². The molecule has 0 aromatic heterocycles. The number of rotatable bonds is 4. The molecule has 22 heavy (non-hydrogen) atoms. The molecule has 0 saturated heterocycles. The molecule has 5 heteroatoms. The molecule has 0 saturated carbocycles. The zero-order valence-corrected chi connectivity index (χ0v) is 12.7. The Morgan fingerprint density at radius 3 is 2.55 bits per heavy atom. The monoisotopic (exact) mass is 314 g/mol. The van der Waals surface area contributed by atoms with Gasteiger partial charge in [-0.15, -0.1) is 0 Å². The fourth-order valence-electron chi connectivity index (χ4n) is 2.52. The molecule has 0 bridgehead atoms. The maximum Gasteiger partial charge on any atom is 0.307 e. The molecule has 4 nitrogen and oxygen atoms in total. The Bertz CT molecular complexity index is 817. The Morgan fingerprint density at radius 2 is 1.91 bits per heavy atom. The van der Waals surface area contributed by atoms with Crippen molar-refractivity contribution in [2.24, 2.45) is 0 Å². The van der Waals surface area contributed by atoms with Crippen LogP contribution in [0.5, 0.6) is 0 Å². The number of carboxylic acids is 1. The smallest absolute Gasteiger partial charge is 0.307 e. The average Bonchev–Trinajstić information content (AvgIpc) is 2.86. The maximum absolute atomic E-state index is 11.5. The minimum atomic E-state index is -1.02. The maximum atomic E-state index is 11.5. The van der Waals surface area contributed by atoms with Crippen molar-refractivity contribution in [3.05, 3.63) is 54.3 Å². The summed E-state index contributed by atoms with van der Waals surface area (Å²) in [7, 11) is -1.02. The Kier molecular flexibility index (Phi) is 3.81. The van der Waals surface area contributed by atoms with Gasteiger partial charge in [0.15, 0.2) is 0 Å². The number of carbonyl (C=O) groups is 1. The molecule has 1 aromatic rings. The van der Waals surface area contributed by atoms with E-state index in [1.165, 1.54) is 0 Å². The topological polar surface area (TPSA) is 67.5 Å². The van der Waals surface area contributed by atoms with E-state index in [0.717, 1.165) is 21.6 Å². The Balaban J connectivity index is 2.10. The van der Waals surface area contributed by atoms with Crippen LogP contribution in [-0.4, -0.2) is 21.5 Å². The second-order valence-electron chi connectivity index (χ2n) is 4.99. The molecule has 1 unspecified atom stereocenters. The SMILES string of the molecule is CS(=O)c1ccc(-c2cc(CC(=O)O)c3occcc2-3)cc1. The van der Waals surface area contributed by atoms with Gasteiger partial charge in [-0.1, -0.05) is 12.1 Å². The van der Waals surface area contributed by atoms with Gasteiger partial charge in [-0.2, -0.15) is 0 Å². The molecule has 2 aliphatic rings. The van der Waals surface area contributed by atoms with Crippen LogP contribution in [0.2, 0.25) is 0 Å². The lowest BCUT2D eigenvalue weighted by Crippen LogP contribution is -1.99. The van der Waals surface area contributed by atoms with Crippen LogP contribution in [0.4, 0.5) is 0 Å². The second-order valence-corrected chi connectivity index (χ2v) is 6.37. The number of carboxylic acid groups (broad SMARTS) is 1. The van der Waals surface area contributed by atoms with Crippen molar-refractivity contribution in [3.8, 4) is 22.5 Å². The van der Waals surface area contributed by atoms with Crippen molar-refractivity contribution in [2.75, 3.05) is 6.26 Å². The van der Waals surface area contributed by atoms with E-state index in [-0.39, 0.29) is 6.42 Å². The van der Waals surface area contributed by atoms with Crippen molar-refractivity contribution in [3.63, 3.8) is 0 Å². The van der Waals surface area contributed by atoms with Crippen LogP contribution in [0.3, 0.4) is 0 Å².